The summed E-state index contributed by atoms with van der Waals surface area (Å²) < 4.78 is 13.0. The lowest BCUT2D eigenvalue weighted by Crippen LogP contribution is -2.14. The second-order valence-electron chi connectivity index (χ2n) is 5.44. The number of carbonyl (C=O) groups is 1. The maximum atomic E-state index is 12.0. The van der Waals surface area contributed by atoms with Crippen molar-refractivity contribution in [2.45, 2.75) is 5.16 Å². The number of nitrogens with one attached hydrogen (secondary N) is 1. The number of thioether (sulfide) groups is 1. The van der Waals surface area contributed by atoms with Crippen LogP contribution in [0.15, 0.2) is 39.3 Å². The van der Waals surface area contributed by atoms with Crippen LogP contribution in [0.25, 0.3) is 22.6 Å². The molecule has 0 bridgehead atoms. The van der Waals surface area contributed by atoms with Crippen molar-refractivity contribution in [3.8, 4) is 17.3 Å². The summed E-state index contributed by atoms with van der Waals surface area (Å²) in [6.07, 6.45) is 0. The van der Waals surface area contributed by atoms with Crippen molar-refractivity contribution >= 4 is 45.1 Å². The van der Waals surface area contributed by atoms with Crippen molar-refractivity contribution in [1.29, 1.82) is 0 Å². The Labute approximate surface area is 161 Å². The maximum absolute atomic E-state index is 12.0. The normalized spacial score (nSPS) is 11.0. The molecule has 27 heavy (non-hydrogen) atoms. The third-order valence-electron chi connectivity index (χ3n) is 3.72. The van der Waals surface area contributed by atoms with Gasteiger partial charge >= 0.3 is 0 Å². The van der Waals surface area contributed by atoms with Crippen LogP contribution in [-0.2, 0) is 11.8 Å². The lowest BCUT2D eigenvalue weighted by atomic mass is 10.2. The van der Waals surface area contributed by atoms with Crippen LogP contribution in [0.3, 0.4) is 0 Å². The molecule has 4 rings (SSSR count). The van der Waals surface area contributed by atoms with E-state index in [4.69, 9.17) is 9.15 Å². The van der Waals surface area contributed by atoms with Gasteiger partial charge in [0.05, 0.1) is 12.9 Å². The van der Waals surface area contributed by atoms with E-state index in [-0.39, 0.29) is 11.7 Å². The first-order valence-corrected chi connectivity index (χ1v) is 9.67. The van der Waals surface area contributed by atoms with Crippen LogP contribution in [-0.4, -0.2) is 43.7 Å². The zero-order valence-corrected chi connectivity index (χ0v) is 16.0. The van der Waals surface area contributed by atoms with Gasteiger partial charge in [0.1, 0.15) is 5.51 Å². The zero-order chi connectivity index (χ0) is 18.8. The third kappa shape index (κ3) is 3.51. The zero-order valence-electron chi connectivity index (χ0n) is 14.4. The van der Waals surface area contributed by atoms with Gasteiger partial charge in [-0.15, -0.1) is 20.4 Å². The average molecular weight is 402 g/mol. The molecule has 0 aliphatic rings. The van der Waals surface area contributed by atoms with E-state index in [1.807, 2.05) is 31.3 Å². The minimum Gasteiger partial charge on any atom is -0.493 e. The molecule has 0 aliphatic heterocycles. The number of ether oxygens (including phenoxy) is 1. The first-order valence-electron chi connectivity index (χ1n) is 7.81. The smallest absolute Gasteiger partial charge is 0.236 e. The Bertz CT molecular complexity index is 1090. The van der Waals surface area contributed by atoms with Gasteiger partial charge in [0.25, 0.3) is 0 Å². The largest absolute Gasteiger partial charge is 0.493 e. The predicted octanol–water partition coefficient (Wildman–Crippen LogP) is 2.82. The highest BCUT2D eigenvalue weighted by molar-refractivity contribution is 7.99. The molecule has 9 nitrogen and oxygen atoms in total. The SMILES string of the molecule is COc1cccc2cc(-c3nnc(SCC(=O)Nc4nncs4)n3C)oc12. The highest BCUT2D eigenvalue weighted by atomic mass is 32.2. The summed E-state index contributed by atoms with van der Waals surface area (Å²) in [7, 11) is 3.42. The van der Waals surface area contributed by atoms with Gasteiger partial charge in [-0.25, -0.2) is 0 Å². The van der Waals surface area contributed by atoms with Crippen LogP contribution in [0.5, 0.6) is 5.75 Å². The van der Waals surface area contributed by atoms with Gasteiger partial charge in [-0.2, -0.15) is 0 Å². The van der Waals surface area contributed by atoms with Gasteiger partial charge in [-0.1, -0.05) is 35.2 Å². The Kier molecular flexibility index (Phi) is 4.77. The molecule has 3 heterocycles. The van der Waals surface area contributed by atoms with Crippen molar-refractivity contribution in [3.63, 3.8) is 0 Å². The first kappa shape index (κ1) is 17.5. The molecule has 0 spiro atoms. The Morgan fingerprint density at radius 3 is 3.04 bits per heavy atom. The van der Waals surface area contributed by atoms with Crippen LogP contribution in [0.4, 0.5) is 5.13 Å². The fourth-order valence-corrected chi connectivity index (χ4v) is 3.65. The summed E-state index contributed by atoms with van der Waals surface area (Å²) >= 11 is 2.54. The highest BCUT2D eigenvalue weighted by Crippen LogP contribution is 2.33. The van der Waals surface area contributed by atoms with Crippen molar-refractivity contribution in [2.75, 3.05) is 18.2 Å². The molecule has 0 aliphatic carbocycles. The number of aromatic nitrogens is 5. The van der Waals surface area contributed by atoms with Crippen LogP contribution < -0.4 is 10.1 Å². The topological polar surface area (TPSA) is 108 Å². The van der Waals surface area contributed by atoms with Gasteiger partial charge in [0.2, 0.25) is 11.0 Å². The molecular weight excluding hydrogens is 388 g/mol. The molecule has 0 atom stereocenters. The highest BCUT2D eigenvalue weighted by Gasteiger charge is 2.18. The summed E-state index contributed by atoms with van der Waals surface area (Å²) in [4.78, 5) is 12.0. The molecule has 1 aromatic carbocycles. The number of para-hydroxylation sites is 1. The Morgan fingerprint density at radius 1 is 1.37 bits per heavy atom. The average Bonchev–Trinajstić information content (AvgIpc) is 3.39. The fraction of sp³-hybridized carbons (Fsp3) is 0.188. The Morgan fingerprint density at radius 2 is 2.26 bits per heavy atom. The second-order valence-corrected chi connectivity index (χ2v) is 7.21. The minimum atomic E-state index is -0.185. The lowest BCUT2D eigenvalue weighted by Gasteiger charge is -2.02. The number of furan rings is 1. The predicted molar refractivity (Wildman–Crippen MR) is 102 cm³/mol. The minimum absolute atomic E-state index is 0.180. The number of amides is 1. The molecule has 1 amide bonds. The molecule has 0 radical (unpaired) electrons. The summed E-state index contributed by atoms with van der Waals surface area (Å²) in [6.45, 7) is 0. The maximum Gasteiger partial charge on any atom is 0.236 e. The van der Waals surface area contributed by atoms with Gasteiger partial charge < -0.3 is 13.7 Å². The van der Waals surface area contributed by atoms with E-state index in [1.54, 1.807) is 17.2 Å². The van der Waals surface area contributed by atoms with E-state index >= 15 is 0 Å². The summed E-state index contributed by atoms with van der Waals surface area (Å²) in [6, 6.07) is 7.56. The lowest BCUT2D eigenvalue weighted by molar-refractivity contribution is -0.113. The first-order chi connectivity index (χ1) is 13.2. The molecule has 0 fully saturated rings. The summed E-state index contributed by atoms with van der Waals surface area (Å²) in [5.41, 5.74) is 2.21. The van der Waals surface area contributed by atoms with E-state index < -0.39 is 0 Å². The van der Waals surface area contributed by atoms with Gasteiger partial charge in [0.15, 0.2) is 28.1 Å². The van der Waals surface area contributed by atoms with E-state index in [9.17, 15) is 4.79 Å². The standard InChI is InChI=1S/C16H14N6O3S2/c1-22-14(11-6-9-4-3-5-10(24-2)13(9)25-11)19-21-16(22)26-7-12(23)18-15-20-17-8-27-15/h3-6,8H,7H2,1-2H3,(H,18,20,23). The van der Waals surface area contributed by atoms with Crippen molar-refractivity contribution in [2.24, 2.45) is 7.05 Å². The number of carbonyl (C=O) groups excluding carboxylic acids is 1. The molecule has 0 unspecified atom stereocenters. The second kappa shape index (κ2) is 7.37. The van der Waals surface area contributed by atoms with E-state index in [0.717, 1.165) is 5.39 Å². The third-order valence-corrected chi connectivity index (χ3v) is 5.35. The van der Waals surface area contributed by atoms with Gasteiger partial charge in [-0.3, -0.25) is 10.1 Å². The molecule has 11 heteroatoms. The van der Waals surface area contributed by atoms with Gasteiger partial charge in [0, 0.05) is 12.4 Å². The molecule has 0 saturated carbocycles. The van der Waals surface area contributed by atoms with E-state index in [1.165, 1.54) is 23.1 Å². The van der Waals surface area contributed by atoms with Crippen LogP contribution in [0.2, 0.25) is 0 Å². The van der Waals surface area contributed by atoms with Crippen molar-refractivity contribution in [3.05, 3.63) is 29.8 Å². The number of benzene rings is 1. The summed E-state index contributed by atoms with van der Waals surface area (Å²) in [5.74, 6) is 1.80. The van der Waals surface area contributed by atoms with Crippen LogP contribution >= 0.6 is 23.1 Å². The van der Waals surface area contributed by atoms with Crippen LogP contribution in [0, 0.1) is 0 Å². The Balaban J connectivity index is 1.51. The summed E-state index contributed by atoms with van der Waals surface area (Å²) in [5, 5.41) is 20.5. The Hall–Kier alpha value is -2.92. The number of hydrogen-bond donors (Lipinski definition) is 1. The quantitative estimate of drug-likeness (QED) is 0.491. The number of nitrogens with zero attached hydrogens (tertiary/aromatic N) is 5. The van der Waals surface area contributed by atoms with E-state index in [2.05, 4.69) is 25.7 Å². The van der Waals surface area contributed by atoms with Gasteiger partial charge in [-0.05, 0) is 12.1 Å². The molecule has 3 aromatic heterocycles. The number of methoxy groups -OCH3 is 1. The molecule has 0 saturated heterocycles. The fourth-order valence-electron chi connectivity index (χ4n) is 2.48. The number of fused-ring (bicyclic) bond motifs is 1. The molecule has 138 valence electrons. The molecule has 4 aromatic rings. The number of hydrogen-bond acceptors (Lipinski definition) is 9. The number of anilines is 1. The monoisotopic (exact) mass is 402 g/mol. The van der Waals surface area contributed by atoms with Crippen molar-refractivity contribution in [1.82, 2.24) is 25.0 Å². The number of rotatable bonds is 6. The molecular formula is C16H14N6O3S2. The van der Waals surface area contributed by atoms with E-state index in [0.29, 0.717) is 33.2 Å². The van der Waals surface area contributed by atoms with Crippen molar-refractivity contribution < 1.29 is 13.9 Å². The molecule has 1 N–H and O–H groups in total. The van der Waals surface area contributed by atoms with Crippen LogP contribution in [0.1, 0.15) is 0 Å².